The highest BCUT2D eigenvalue weighted by molar-refractivity contribution is 7.80. The van der Waals surface area contributed by atoms with Crippen LogP contribution >= 0.6 is 12.2 Å². The third-order valence-electron chi connectivity index (χ3n) is 4.01. The van der Waals surface area contributed by atoms with E-state index in [1.54, 1.807) is 0 Å². The van der Waals surface area contributed by atoms with Crippen molar-refractivity contribution in [1.82, 2.24) is 14.8 Å². The average molecular weight is 343 g/mol. The van der Waals surface area contributed by atoms with Gasteiger partial charge in [-0.3, -0.25) is 4.98 Å². The maximum absolute atomic E-state index is 5.70. The Hall–Kier alpha value is -1.98. The van der Waals surface area contributed by atoms with Crippen molar-refractivity contribution < 1.29 is 0 Å². The van der Waals surface area contributed by atoms with E-state index in [2.05, 4.69) is 72.3 Å². The first-order valence-corrected chi connectivity index (χ1v) is 8.57. The Kier molecular flexibility index (Phi) is 6.70. The number of hydrogen-bond acceptors (Lipinski definition) is 3. The van der Waals surface area contributed by atoms with Gasteiger partial charge >= 0.3 is 0 Å². The summed E-state index contributed by atoms with van der Waals surface area (Å²) in [5.41, 5.74) is 3.46. The summed E-state index contributed by atoms with van der Waals surface area (Å²) in [5, 5.41) is 4.11. The molecule has 0 radical (unpaired) electrons. The van der Waals surface area contributed by atoms with E-state index in [4.69, 9.17) is 12.2 Å². The van der Waals surface area contributed by atoms with Crippen LogP contribution in [0.3, 0.4) is 0 Å². The molecule has 0 aliphatic heterocycles. The third kappa shape index (κ3) is 5.28. The Balaban J connectivity index is 2.14. The summed E-state index contributed by atoms with van der Waals surface area (Å²) in [6, 6.07) is 12.6. The molecular weight excluding hydrogens is 316 g/mol. The van der Waals surface area contributed by atoms with Crippen molar-refractivity contribution in [3.8, 4) is 0 Å². The topological polar surface area (TPSA) is 31.4 Å². The van der Waals surface area contributed by atoms with Crippen LogP contribution in [0.5, 0.6) is 0 Å². The summed E-state index contributed by atoms with van der Waals surface area (Å²) in [6.07, 6.45) is 3.65. The SMILES string of the molecule is Cc1ccc(NC(=S)N(CCN(C)C)[C@H](C)c2ccncc2)cc1. The molecule has 0 bridgehead atoms. The fourth-order valence-corrected chi connectivity index (χ4v) is 2.80. The molecule has 0 aliphatic rings. The zero-order chi connectivity index (χ0) is 17.5. The Morgan fingerprint density at radius 2 is 1.71 bits per heavy atom. The molecule has 1 atom stereocenters. The highest BCUT2D eigenvalue weighted by Gasteiger charge is 2.19. The van der Waals surface area contributed by atoms with Gasteiger partial charge in [-0.15, -0.1) is 0 Å². The Morgan fingerprint density at radius 1 is 1.08 bits per heavy atom. The van der Waals surface area contributed by atoms with Crippen LogP contribution in [0.25, 0.3) is 0 Å². The molecule has 0 saturated carbocycles. The van der Waals surface area contributed by atoms with Gasteiger partial charge in [-0.25, -0.2) is 0 Å². The predicted octanol–water partition coefficient (Wildman–Crippen LogP) is 3.71. The van der Waals surface area contributed by atoms with Crippen LogP contribution in [0.2, 0.25) is 0 Å². The van der Waals surface area contributed by atoms with Gasteiger partial charge in [0.15, 0.2) is 5.11 Å². The van der Waals surface area contributed by atoms with Crippen molar-refractivity contribution in [1.29, 1.82) is 0 Å². The van der Waals surface area contributed by atoms with Crippen molar-refractivity contribution >= 4 is 23.0 Å². The molecule has 2 aromatic rings. The van der Waals surface area contributed by atoms with Gasteiger partial charge in [0.2, 0.25) is 0 Å². The zero-order valence-electron chi connectivity index (χ0n) is 14.9. The van der Waals surface area contributed by atoms with Crippen molar-refractivity contribution in [2.24, 2.45) is 0 Å². The number of benzene rings is 1. The Bertz CT molecular complexity index is 640. The molecule has 24 heavy (non-hydrogen) atoms. The van der Waals surface area contributed by atoms with E-state index in [1.165, 1.54) is 11.1 Å². The molecule has 0 fully saturated rings. The zero-order valence-corrected chi connectivity index (χ0v) is 15.7. The van der Waals surface area contributed by atoms with Gasteiger partial charge in [0.25, 0.3) is 0 Å². The van der Waals surface area contributed by atoms with Crippen LogP contribution < -0.4 is 5.32 Å². The maximum atomic E-state index is 5.70. The standard InChI is InChI=1S/C19H26N4S/c1-15-5-7-18(8-6-15)21-19(24)23(14-13-22(3)4)16(2)17-9-11-20-12-10-17/h5-12,16H,13-14H2,1-4H3,(H,21,24)/t16-/m1/s1. The number of pyridine rings is 1. The monoisotopic (exact) mass is 342 g/mol. The van der Waals surface area contributed by atoms with E-state index in [0.29, 0.717) is 0 Å². The fraction of sp³-hybridized carbons (Fsp3) is 0.368. The third-order valence-corrected chi connectivity index (χ3v) is 4.34. The number of aromatic nitrogens is 1. The average Bonchev–Trinajstić information content (AvgIpc) is 2.57. The predicted molar refractivity (Wildman–Crippen MR) is 105 cm³/mol. The molecule has 0 spiro atoms. The minimum absolute atomic E-state index is 0.179. The molecule has 0 saturated heterocycles. The second-order valence-electron chi connectivity index (χ2n) is 6.25. The second kappa shape index (κ2) is 8.76. The number of likely N-dealkylation sites (N-methyl/N-ethyl adjacent to an activating group) is 1. The second-order valence-corrected chi connectivity index (χ2v) is 6.64. The Labute approximate surface area is 150 Å². The largest absolute Gasteiger partial charge is 0.341 e. The molecule has 1 aromatic carbocycles. The summed E-state index contributed by atoms with van der Waals surface area (Å²) < 4.78 is 0. The molecule has 5 heteroatoms. The van der Waals surface area contributed by atoms with Crippen molar-refractivity contribution in [3.05, 3.63) is 59.9 Å². The molecule has 0 amide bonds. The summed E-state index contributed by atoms with van der Waals surface area (Å²) in [5.74, 6) is 0. The van der Waals surface area contributed by atoms with Gasteiger partial charge < -0.3 is 15.1 Å². The maximum Gasteiger partial charge on any atom is 0.173 e. The summed E-state index contributed by atoms with van der Waals surface area (Å²) >= 11 is 5.70. The van der Waals surface area contributed by atoms with Crippen LogP contribution in [0.15, 0.2) is 48.8 Å². The van der Waals surface area contributed by atoms with E-state index < -0.39 is 0 Å². The van der Waals surface area contributed by atoms with E-state index in [0.717, 1.165) is 23.9 Å². The minimum Gasteiger partial charge on any atom is -0.341 e. The van der Waals surface area contributed by atoms with E-state index in [1.807, 2.05) is 24.5 Å². The van der Waals surface area contributed by atoms with Crippen LogP contribution in [-0.4, -0.2) is 47.1 Å². The van der Waals surface area contributed by atoms with Crippen molar-refractivity contribution in [2.75, 3.05) is 32.5 Å². The number of nitrogens with zero attached hydrogens (tertiary/aromatic N) is 3. The fourth-order valence-electron chi connectivity index (χ4n) is 2.43. The normalized spacial score (nSPS) is 12.0. The Morgan fingerprint density at radius 3 is 2.29 bits per heavy atom. The highest BCUT2D eigenvalue weighted by Crippen LogP contribution is 2.21. The first-order valence-electron chi connectivity index (χ1n) is 8.16. The van der Waals surface area contributed by atoms with Gasteiger partial charge in [0, 0.05) is 31.2 Å². The number of nitrogens with one attached hydrogen (secondary N) is 1. The minimum atomic E-state index is 0.179. The van der Waals surface area contributed by atoms with Crippen molar-refractivity contribution in [2.45, 2.75) is 19.9 Å². The van der Waals surface area contributed by atoms with Crippen LogP contribution in [0, 0.1) is 6.92 Å². The highest BCUT2D eigenvalue weighted by atomic mass is 32.1. The molecule has 0 aliphatic carbocycles. The van der Waals surface area contributed by atoms with Gasteiger partial charge in [-0.05, 0) is 70.0 Å². The van der Waals surface area contributed by atoms with Gasteiger partial charge in [0.1, 0.15) is 0 Å². The number of hydrogen-bond donors (Lipinski definition) is 1. The molecule has 1 aromatic heterocycles. The lowest BCUT2D eigenvalue weighted by Crippen LogP contribution is -2.40. The number of aryl methyl sites for hydroxylation is 1. The van der Waals surface area contributed by atoms with Crippen LogP contribution in [0.1, 0.15) is 24.1 Å². The molecule has 1 N–H and O–H groups in total. The molecule has 4 nitrogen and oxygen atoms in total. The molecule has 2 rings (SSSR count). The van der Waals surface area contributed by atoms with Gasteiger partial charge in [0.05, 0.1) is 6.04 Å². The van der Waals surface area contributed by atoms with Crippen molar-refractivity contribution in [3.63, 3.8) is 0 Å². The quantitative estimate of drug-likeness (QED) is 0.809. The van der Waals surface area contributed by atoms with E-state index >= 15 is 0 Å². The smallest absolute Gasteiger partial charge is 0.173 e. The van der Waals surface area contributed by atoms with Crippen LogP contribution in [0.4, 0.5) is 5.69 Å². The van der Waals surface area contributed by atoms with E-state index in [9.17, 15) is 0 Å². The summed E-state index contributed by atoms with van der Waals surface area (Å²) in [7, 11) is 4.15. The van der Waals surface area contributed by atoms with Gasteiger partial charge in [-0.2, -0.15) is 0 Å². The first-order chi connectivity index (χ1) is 11.5. The molecule has 1 heterocycles. The molecule has 128 valence electrons. The summed E-state index contributed by atoms with van der Waals surface area (Å²) in [6.45, 7) is 6.05. The number of rotatable bonds is 6. The summed E-state index contributed by atoms with van der Waals surface area (Å²) in [4.78, 5) is 8.50. The van der Waals surface area contributed by atoms with E-state index in [-0.39, 0.29) is 6.04 Å². The van der Waals surface area contributed by atoms with Gasteiger partial charge in [-0.1, -0.05) is 17.7 Å². The first kappa shape index (κ1) is 18.4. The lowest BCUT2D eigenvalue weighted by Gasteiger charge is -2.33. The lowest BCUT2D eigenvalue weighted by atomic mass is 10.1. The number of thiocarbonyl (C=S) groups is 1. The lowest BCUT2D eigenvalue weighted by molar-refractivity contribution is 0.289. The number of anilines is 1. The molecule has 0 unspecified atom stereocenters. The van der Waals surface area contributed by atoms with Crippen LogP contribution in [-0.2, 0) is 0 Å². The molecular formula is C19H26N4S.